The molecule has 0 fully saturated rings. The molecule has 4 nitrogen and oxygen atoms in total. The number of hydrogen-bond acceptors (Lipinski definition) is 3. The van der Waals surface area contributed by atoms with Crippen molar-refractivity contribution in [2.75, 3.05) is 0 Å². The number of halogens is 4. The molecule has 0 N–H and O–H groups in total. The minimum absolute atomic E-state index is 0.209. The molecule has 0 bridgehead atoms. The fraction of sp³-hybridized carbons (Fsp3) is 0.222. The van der Waals surface area contributed by atoms with Gasteiger partial charge in [-0.3, -0.25) is 10.1 Å². The molecular formula is C9H6ClF3N2O2. The molecule has 0 saturated heterocycles. The van der Waals surface area contributed by atoms with Crippen LogP contribution >= 0.6 is 11.6 Å². The Hall–Kier alpha value is -1.63. The maximum atomic E-state index is 12.1. The Labute approximate surface area is 98.9 Å². The van der Waals surface area contributed by atoms with Crippen molar-refractivity contribution in [3.63, 3.8) is 0 Å². The maximum absolute atomic E-state index is 12.1. The highest BCUT2D eigenvalue weighted by atomic mass is 35.5. The first kappa shape index (κ1) is 13.4. The molecule has 8 heteroatoms. The lowest BCUT2D eigenvalue weighted by molar-refractivity contribution is -0.384. The van der Waals surface area contributed by atoms with Gasteiger partial charge in [0.1, 0.15) is 0 Å². The van der Waals surface area contributed by atoms with E-state index in [4.69, 9.17) is 11.6 Å². The second-order valence-electron chi connectivity index (χ2n) is 3.18. The van der Waals surface area contributed by atoms with Gasteiger partial charge in [0.2, 0.25) is 5.17 Å². The van der Waals surface area contributed by atoms with E-state index in [0.29, 0.717) is 5.56 Å². The fourth-order valence-electron chi connectivity index (χ4n) is 1.09. The number of aliphatic imine (C=N–C) groups is 1. The lowest BCUT2D eigenvalue weighted by atomic mass is 10.2. The zero-order valence-corrected chi connectivity index (χ0v) is 9.21. The SMILES string of the molecule is Cc1cc(N=C(Cl)C(F)(F)F)cc([N+](=O)[O-])c1. The predicted molar refractivity (Wildman–Crippen MR) is 56.8 cm³/mol. The molecule has 0 unspecified atom stereocenters. The van der Waals surface area contributed by atoms with E-state index in [1.165, 1.54) is 19.1 Å². The highest BCUT2D eigenvalue weighted by Gasteiger charge is 2.34. The number of nitro benzene ring substituents is 1. The Balaban J connectivity index is 3.20. The zero-order chi connectivity index (χ0) is 13.2. The third-order valence-electron chi connectivity index (χ3n) is 1.72. The van der Waals surface area contributed by atoms with Crippen molar-refractivity contribution in [3.8, 4) is 0 Å². The Morgan fingerprint density at radius 2 is 2.00 bits per heavy atom. The van der Waals surface area contributed by atoms with Crippen molar-refractivity contribution in [2.24, 2.45) is 4.99 Å². The molecule has 0 aliphatic rings. The van der Waals surface area contributed by atoms with Gasteiger partial charge in [0.05, 0.1) is 10.6 Å². The van der Waals surface area contributed by atoms with E-state index < -0.39 is 16.3 Å². The monoisotopic (exact) mass is 266 g/mol. The Morgan fingerprint density at radius 3 is 2.47 bits per heavy atom. The molecule has 0 saturated carbocycles. The number of hydrogen-bond donors (Lipinski definition) is 0. The summed E-state index contributed by atoms with van der Waals surface area (Å²) in [5.74, 6) is 0. The van der Waals surface area contributed by atoms with Crippen molar-refractivity contribution in [1.29, 1.82) is 0 Å². The molecule has 0 heterocycles. The average molecular weight is 267 g/mol. The Bertz CT molecular complexity index is 486. The summed E-state index contributed by atoms with van der Waals surface area (Å²) in [7, 11) is 0. The standard InChI is InChI=1S/C9H6ClF3N2O2/c1-5-2-6(4-7(3-5)15(16)17)14-8(10)9(11,12)13/h2-4H,1H3. The molecule has 17 heavy (non-hydrogen) atoms. The molecule has 1 aromatic carbocycles. The Kier molecular flexibility index (Phi) is 3.72. The molecule has 0 aliphatic heterocycles. The van der Waals surface area contributed by atoms with E-state index in [2.05, 4.69) is 4.99 Å². The molecule has 0 atom stereocenters. The third kappa shape index (κ3) is 3.70. The van der Waals surface area contributed by atoms with Crippen molar-refractivity contribution >= 4 is 28.1 Å². The van der Waals surface area contributed by atoms with Crippen LogP contribution in [0.4, 0.5) is 24.5 Å². The van der Waals surface area contributed by atoms with Gasteiger partial charge in [-0.05, 0) is 18.6 Å². The first-order valence-electron chi connectivity index (χ1n) is 4.27. The van der Waals surface area contributed by atoms with E-state index in [1.54, 1.807) is 0 Å². The van der Waals surface area contributed by atoms with Crippen LogP contribution in [0.25, 0.3) is 0 Å². The molecule has 0 amide bonds. The van der Waals surface area contributed by atoms with E-state index in [9.17, 15) is 23.3 Å². The maximum Gasteiger partial charge on any atom is 0.444 e. The Morgan fingerprint density at radius 1 is 1.41 bits per heavy atom. The molecular weight excluding hydrogens is 261 g/mol. The van der Waals surface area contributed by atoms with Crippen molar-refractivity contribution in [2.45, 2.75) is 13.1 Å². The van der Waals surface area contributed by atoms with Gasteiger partial charge in [0.25, 0.3) is 5.69 Å². The van der Waals surface area contributed by atoms with Gasteiger partial charge in [-0.1, -0.05) is 11.6 Å². The van der Waals surface area contributed by atoms with Crippen molar-refractivity contribution in [3.05, 3.63) is 33.9 Å². The van der Waals surface area contributed by atoms with E-state index in [1.807, 2.05) is 0 Å². The normalized spacial score (nSPS) is 12.6. The number of benzene rings is 1. The molecule has 1 rings (SSSR count). The van der Waals surface area contributed by atoms with Crippen LogP contribution in [-0.2, 0) is 0 Å². The summed E-state index contributed by atoms with van der Waals surface area (Å²) in [6.45, 7) is 1.51. The van der Waals surface area contributed by atoms with Gasteiger partial charge in [0.15, 0.2) is 0 Å². The zero-order valence-electron chi connectivity index (χ0n) is 8.45. The molecule has 0 radical (unpaired) electrons. The number of nitro groups is 1. The minimum Gasteiger partial charge on any atom is -0.258 e. The van der Waals surface area contributed by atoms with Crippen molar-refractivity contribution in [1.82, 2.24) is 0 Å². The van der Waals surface area contributed by atoms with Gasteiger partial charge in [-0.25, -0.2) is 4.99 Å². The quantitative estimate of drug-likeness (QED) is 0.465. The summed E-state index contributed by atoms with van der Waals surface area (Å²) in [5, 5.41) is 8.92. The van der Waals surface area contributed by atoms with Crippen LogP contribution in [0.5, 0.6) is 0 Å². The van der Waals surface area contributed by atoms with Crippen molar-refractivity contribution < 1.29 is 18.1 Å². The van der Waals surface area contributed by atoms with Crippen LogP contribution in [0.1, 0.15) is 5.56 Å². The average Bonchev–Trinajstić information content (AvgIpc) is 2.14. The smallest absolute Gasteiger partial charge is 0.258 e. The van der Waals surface area contributed by atoms with Gasteiger partial charge >= 0.3 is 6.18 Å². The van der Waals surface area contributed by atoms with Crippen LogP contribution in [0.3, 0.4) is 0 Å². The molecule has 92 valence electrons. The lowest BCUT2D eigenvalue weighted by Crippen LogP contribution is -2.16. The third-order valence-corrected chi connectivity index (χ3v) is 2.02. The molecule has 0 aliphatic carbocycles. The van der Waals surface area contributed by atoms with Crippen LogP contribution in [0.2, 0.25) is 0 Å². The van der Waals surface area contributed by atoms with E-state index in [-0.39, 0.29) is 11.4 Å². The van der Waals surface area contributed by atoms with Crippen LogP contribution in [-0.4, -0.2) is 16.3 Å². The summed E-state index contributed by atoms with van der Waals surface area (Å²) in [5.41, 5.74) is -0.126. The first-order valence-corrected chi connectivity index (χ1v) is 4.65. The number of alkyl halides is 3. The van der Waals surface area contributed by atoms with Crippen LogP contribution in [0, 0.1) is 17.0 Å². The highest BCUT2D eigenvalue weighted by Crippen LogP contribution is 2.27. The lowest BCUT2D eigenvalue weighted by Gasteiger charge is -2.03. The first-order chi connectivity index (χ1) is 7.70. The number of non-ortho nitro benzene ring substituents is 1. The summed E-state index contributed by atoms with van der Waals surface area (Å²) in [6, 6.07) is 3.41. The molecule has 1 aromatic rings. The minimum atomic E-state index is -4.76. The van der Waals surface area contributed by atoms with Crippen LogP contribution in [0.15, 0.2) is 23.2 Å². The number of aryl methyl sites for hydroxylation is 1. The fourth-order valence-corrected chi connectivity index (χ4v) is 1.19. The summed E-state index contributed by atoms with van der Waals surface area (Å²) in [6.07, 6.45) is -4.76. The van der Waals surface area contributed by atoms with Gasteiger partial charge in [-0.15, -0.1) is 0 Å². The van der Waals surface area contributed by atoms with Gasteiger partial charge in [0, 0.05) is 12.1 Å². The largest absolute Gasteiger partial charge is 0.444 e. The summed E-state index contributed by atoms with van der Waals surface area (Å²) < 4.78 is 36.3. The summed E-state index contributed by atoms with van der Waals surface area (Å²) in [4.78, 5) is 12.9. The summed E-state index contributed by atoms with van der Waals surface area (Å²) >= 11 is 4.93. The van der Waals surface area contributed by atoms with Gasteiger partial charge in [-0.2, -0.15) is 13.2 Å². The predicted octanol–water partition coefficient (Wildman–Crippen LogP) is 3.73. The molecule has 0 aromatic heterocycles. The molecule has 0 spiro atoms. The van der Waals surface area contributed by atoms with Gasteiger partial charge < -0.3 is 0 Å². The number of nitrogens with zero attached hydrogens (tertiary/aromatic N) is 2. The highest BCUT2D eigenvalue weighted by molar-refractivity contribution is 6.67. The van der Waals surface area contributed by atoms with Crippen LogP contribution < -0.4 is 0 Å². The van der Waals surface area contributed by atoms with E-state index >= 15 is 0 Å². The number of rotatable bonds is 2. The second kappa shape index (κ2) is 4.70. The topological polar surface area (TPSA) is 55.5 Å². The second-order valence-corrected chi connectivity index (χ2v) is 3.54. The van der Waals surface area contributed by atoms with E-state index in [0.717, 1.165) is 6.07 Å².